The van der Waals surface area contributed by atoms with Gasteiger partial charge in [0.05, 0.1) is 5.54 Å². The van der Waals surface area contributed by atoms with Crippen LogP contribution in [0.4, 0.5) is 0 Å². The largest absolute Gasteiger partial charge is 0.396 e. The third-order valence-electron chi connectivity index (χ3n) is 4.98. The second kappa shape index (κ2) is 12.0. The summed E-state index contributed by atoms with van der Waals surface area (Å²) in [5, 5.41) is 12.4. The molecule has 1 aliphatic rings. The fourth-order valence-corrected chi connectivity index (χ4v) is 3.46. The van der Waals surface area contributed by atoms with Crippen molar-refractivity contribution in [1.29, 1.82) is 0 Å². The summed E-state index contributed by atoms with van der Waals surface area (Å²) in [6.07, 6.45) is 16.9. The number of unbranched alkanes of at least 4 members (excludes halogenated alkanes) is 5. The van der Waals surface area contributed by atoms with Gasteiger partial charge >= 0.3 is 0 Å². The van der Waals surface area contributed by atoms with Crippen LogP contribution < -0.4 is 5.32 Å². The number of nitrogens with zero attached hydrogens (tertiary/aromatic N) is 1. The van der Waals surface area contributed by atoms with Gasteiger partial charge in [-0.1, -0.05) is 68.5 Å². The molecule has 2 N–H and O–H groups in total. The third kappa shape index (κ3) is 7.98. The average molecular weight is 343 g/mol. The lowest BCUT2D eigenvalue weighted by Crippen LogP contribution is -2.21. The van der Waals surface area contributed by atoms with Gasteiger partial charge in [0, 0.05) is 19.4 Å². The number of allylic oxidation sites excluding steroid dienone is 1. The minimum atomic E-state index is 0.0566. The van der Waals surface area contributed by atoms with Crippen LogP contribution in [0, 0.1) is 0 Å². The van der Waals surface area contributed by atoms with E-state index in [-0.39, 0.29) is 5.54 Å². The Morgan fingerprint density at radius 2 is 1.60 bits per heavy atom. The molecule has 1 unspecified atom stereocenters. The molecule has 2 rings (SSSR count). The highest BCUT2D eigenvalue weighted by molar-refractivity contribution is 5.75. The van der Waals surface area contributed by atoms with Gasteiger partial charge in [0.2, 0.25) is 0 Å². The summed E-state index contributed by atoms with van der Waals surface area (Å²) in [7, 11) is 0. The van der Waals surface area contributed by atoms with E-state index in [1.807, 2.05) is 6.21 Å². The number of aliphatic imine (C=N–C) groups is 1. The van der Waals surface area contributed by atoms with Gasteiger partial charge < -0.3 is 10.4 Å². The average Bonchev–Trinajstić information content (AvgIpc) is 3.11. The number of nitrogens with one attached hydrogen (secondary N) is 1. The Morgan fingerprint density at radius 3 is 2.28 bits per heavy atom. The first-order chi connectivity index (χ1) is 12.3. The standard InChI is InChI=1S/C22H34N2O/c25-19-10-4-8-15-22(16-11-18-24-22)14-7-1-2-9-17-23-20-21-12-5-3-6-13-21/h3,5-6,11-13,16,18,23,25H,1-2,4,7-10,14-15,17,19-20H2. The van der Waals surface area contributed by atoms with Crippen LogP contribution in [0.1, 0.15) is 63.4 Å². The molecule has 0 radical (unpaired) electrons. The Labute approximate surface area is 153 Å². The molecule has 1 aromatic carbocycles. The molecule has 0 spiro atoms. The van der Waals surface area contributed by atoms with Crippen molar-refractivity contribution in [3.8, 4) is 0 Å². The zero-order valence-electron chi connectivity index (χ0n) is 15.5. The van der Waals surface area contributed by atoms with Crippen molar-refractivity contribution in [3.63, 3.8) is 0 Å². The van der Waals surface area contributed by atoms with Crippen molar-refractivity contribution in [1.82, 2.24) is 5.32 Å². The van der Waals surface area contributed by atoms with Crippen LogP contribution in [0.2, 0.25) is 0 Å². The fraction of sp³-hybridized carbons (Fsp3) is 0.591. The molecule has 25 heavy (non-hydrogen) atoms. The summed E-state index contributed by atoms with van der Waals surface area (Å²) in [5.74, 6) is 0. The lowest BCUT2D eigenvalue weighted by Gasteiger charge is -2.24. The molecule has 0 fully saturated rings. The van der Waals surface area contributed by atoms with Crippen LogP contribution in [0.3, 0.4) is 0 Å². The maximum Gasteiger partial charge on any atom is 0.0791 e. The first kappa shape index (κ1) is 19.9. The minimum absolute atomic E-state index is 0.0566. The molecular weight excluding hydrogens is 308 g/mol. The molecule has 0 bridgehead atoms. The molecule has 1 aliphatic heterocycles. The van der Waals surface area contributed by atoms with Crippen LogP contribution in [-0.2, 0) is 6.54 Å². The highest BCUT2D eigenvalue weighted by atomic mass is 16.2. The molecule has 1 atom stereocenters. The fourth-order valence-electron chi connectivity index (χ4n) is 3.46. The summed E-state index contributed by atoms with van der Waals surface area (Å²) in [6, 6.07) is 10.6. The predicted octanol–water partition coefficient (Wildman–Crippen LogP) is 4.66. The van der Waals surface area contributed by atoms with Crippen molar-refractivity contribution in [2.45, 2.75) is 69.9 Å². The summed E-state index contributed by atoms with van der Waals surface area (Å²) >= 11 is 0. The van der Waals surface area contributed by atoms with Gasteiger partial charge in [-0.25, -0.2) is 0 Å². The number of aliphatic hydroxyl groups excluding tert-OH is 1. The first-order valence-electron chi connectivity index (χ1n) is 9.93. The molecule has 138 valence electrons. The summed E-state index contributed by atoms with van der Waals surface area (Å²) in [4.78, 5) is 4.73. The van der Waals surface area contributed by atoms with Gasteiger partial charge in [-0.2, -0.15) is 0 Å². The lowest BCUT2D eigenvalue weighted by atomic mass is 9.87. The molecule has 0 aliphatic carbocycles. The topological polar surface area (TPSA) is 44.6 Å². The third-order valence-corrected chi connectivity index (χ3v) is 4.98. The Bertz CT molecular complexity index is 498. The lowest BCUT2D eigenvalue weighted by molar-refractivity contribution is 0.279. The van der Waals surface area contributed by atoms with Gasteiger partial charge in [0.1, 0.15) is 0 Å². The summed E-state index contributed by atoms with van der Waals surface area (Å²) in [5.41, 5.74) is 1.41. The Morgan fingerprint density at radius 1 is 0.880 bits per heavy atom. The quantitative estimate of drug-likeness (QED) is 0.483. The van der Waals surface area contributed by atoms with E-state index < -0.39 is 0 Å². The highest BCUT2D eigenvalue weighted by Crippen LogP contribution is 2.30. The number of hydrogen-bond donors (Lipinski definition) is 2. The van der Waals surface area contributed by atoms with Gasteiger partial charge in [0.25, 0.3) is 0 Å². The highest BCUT2D eigenvalue weighted by Gasteiger charge is 2.26. The molecule has 3 nitrogen and oxygen atoms in total. The van der Waals surface area contributed by atoms with Crippen molar-refractivity contribution in [2.75, 3.05) is 13.2 Å². The molecule has 3 heteroatoms. The SMILES string of the molecule is OCCCCCC1(CCCCCCNCc2ccccc2)C=CC=N1. The summed E-state index contributed by atoms with van der Waals surface area (Å²) in [6.45, 7) is 2.38. The van der Waals surface area contributed by atoms with E-state index in [1.54, 1.807) is 0 Å². The van der Waals surface area contributed by atoms with E-state index in [4.69, 9.17) is 10.1 Å². The van der Waals surface area contributed by atoms with Crippen molar-refractivity contribution >= 4 is 6.21 Å². The van der Waals surface area contributed by atoms with E-state index in [2.05, 4.69) is 47.8 Å². The molecule has 1 aromatic rings. The normalized spacial score (nSPS) is 18.9. The van der Waals surface area contributed by atoms with Crippen LogP contribution >= 0.6 is 0 Å². The summed E-state index contributed by atoms with van der Waals surface area (Å²) < 4.78 is 0. The van der Waals surface area contributed by atoms with Crippen molar-refractivity contribution in [2.24, 2.45) is 4.99 Å². The van der Waals surface area contributed by atoms with Crippen LogP contribution in [0.5, 0.6) is 0 Å². The maximum absolute atomic E-state index is 8.90. The zero-order chi connectivity index (χ0) is 17.6. The van der Waals surface area contributed by atoms with E-state index in [0.29, 0.717) is 6.61 Å². The predicted molar refractivity (Wildman–Crippen MR) is 107 cm³/mol. The van der Waals surface area contributed by atoms with E-state index in [1.165, 1.54) is 31.2 Å². The molecular formula is C22H34N2O. The van der Waals surface area contributed by atoms with Gasteiger partial charge in [-0.05, 0) is 43.9 Å². The number of rotatable bonds is 14. The Hall–Kier alpha value is -1.45. The van der Waals surface area contributed by atoms with E-state index >= 15 is 0 Å². The van der Waals surface area contributed by atoms with Crippen LogP contribution in [0.25, 0.3) is 0 Å². The van der Waals surface area contributed by atoms with E-state index in [0.717, 1.165) is 45.2 Å². The molecule has 0 saturated carbocycles. The van der Waals surface area contributed by atoms with Crippen molar-refractivity contribution in [3.05, 3.63) is 48.0 Å². The Kier molecular flexibility index (Phi) is 9.53. The molecule has 0 saturated heterocycles. The maximum atomic E-state index is 8.90. The van der Waals surface area contributed by atoms with Gasteiger partial charge in [-0.3, -0.25) is 4.99 Å². The monoisotopic (exact) mass is 342 g/mol. The van der Waals surface area contributed by atoms with Gasteiger partial charge in [0.15, 0.2) is 0 Å². The van der Waals surface area contributed by atoms with Crippen molar-refractivity contribution < 1.29 is 5.11 Å². The molecule has 1 heterocycles. The van der Waals surface area contributed by atoms with Crippen LogP contribution in [0.15, 0.2) is 47.5 Å². The van der Waals surface area contributed by atoms with E-state index in [9.17, 15) is 0 Å². The number of hydrogen-bond acceptors (Lipinski definition) is 3. The number of benzene rings is 1. The first-order valence-corrected chi connectivity index (χ1v) is 9.93. The Balaban J connectivity index is 1.51. The molecule has 0 aromatic heterocycles. The van der Waals surface area contributed by atoms with Crippen LogP contribution in [-0.4, -0.2) is 30.0 Å². The smallest absolute Gasteiger partial charge is 0.0791 e. The minimum Gasteiger partial charge on any atom is -0.396 e. The number of aliphatic hydroxyl groups is 1. The van der Waals surface area contributed by atoms with Gasteiger partial charge in [-0.15, -0.1) is 0 Å². The second-order valence-corrected chi connectivity index (χ2v) is 7.10. The molecule has 0 amide bonds. The zero-order valence-corrected chi connectivity index (χ0v) is 15.5. The second-order valence-electron chi connectivity index (χ2n) is 7.10.